The van der Waals surface area contributed by atoms with Gasteiger partial charge in [-0.3, -0.25) is 0 Å². The van der Waals surface area contributed by atoms with Gasteiger partial charge in [0.15, 0.2) is 0 Å². The van der Waals surface area contributed by atoms with Gasteiger partial charge >= 0.3 is 0 Å². The molecule has 1 aromatic carbocycles. The normalized spacial score (nSPS) is 20.0. The molecular formula is C28H42O2. The molecule has 0 aromatic heterocycles. The van der Waals surface area contributed by atoms with Crippen LogP contribution in [0.15, 0.2) is 41.5 Å². The van der Waals surface area contributed by atoms with Crippen molar-refractivity contribution in [2.75, 3.05) is 0 Å². The lowest BCUT2D eigenvalue weighted by molar-refractivity contribution is 0.0560. The Morgan fingerprint density at radius 2 is 1.83 bits per heavy atom. The molecule has 2 rings (SSSR count). The lowest BCUT2D eigenvalue weighted by atomic mass is 9.87. The number of rotatable bonds is 9. The Labute approximate surface area is 184 Å². The first kappa shape index (κ1) is 24.3. The highest BCUT2D eigenvalue weighted by atomic mass is 16.5. The summed E-state index contributed by atoms with van der Waals surface area (Å²) in [7, 11) is 0. The van der Waals surface area contributed by atoms with Gasteiger partial charge in [-0.25, -0.2) is 0 Å². The first-order valence-corrected chi connectivity index (χ1v) is 11.6. The number of phenols is 1. The monoisotopic (exact) mass is 410 g/mol. The number of phenolic OH excluding ortho intramolecular Hbond substituents is 1. The third-order valence-electron chi connectivity index (χ3n) is 6.32. The van der Waals surface area contributed by atoms with E-state index in [1.54, 1.807) is 0 Å². The fourth-order valence-electron chi connectivity index (χ4n) is 4.02. The average Bonchev–Trinajstić information content (AvgIpc) is 2.67. The van der Waals surface area contributed by atoms with Crippen LogP contribution < -0.4 is 4.74 Å². The van der Waals surface area contributed by atoms with Crippen LogP contribution in [-0.4, -0.2) is 10.7 Å². The van der Waals surface area contributed by atoms with Gasteiger partial charge in [-0.2, -0.15) is 0 Å². The zero-order chi connectivity index (χ0) is 22.3. The van der Waals surface area contributed by atoms with Gasteiger partial charge in [-0.05, 0) is 108 Å². The Hall–Kier alpha value is -1.96. The molecule has 0 saturated heterocycles. The molecule has 2 heteroatoms. The van der Waals surface area contributed by atoms with Crippen molar-refractivity contribution in [3.63, 3.8) is 0 Å². The molecule has 1 aromatic rings. The van der Waals surface area contributed by atoms with E-state index >= 15 is 0 Å². The van der Waals surface area contributed by atoms with Gasteiger partial charge in [0.1, 0.15) is 17.1 Å². The highest BCUT2D eigenvalue weighted by Crippen LogP contribution is 2.41. The second kappa shape index (κ2) is 10.9. The van der Waals surface area contributed by atoms with Crippen molar-refractivity contribution in [3.8, 4) is 11.5 Å². The highest BCUT2D eigenvalue weighted by Gasteiger charge is 2.32. The fraction of sp³-hybridized carbons (Fsp3) is 0.571. The van der Waals surface area contributed by atoms with Crippen molar-refractivity contribution in [2.24, 2.45) is 5.92 Å². The number of hydrogen-bond acceptors (Lipinski definition) is 2. The lowest BCUT2D eigenvalue weighted by Gasteiger charge is -2.37. The third kappa shape index (κ3) is 7.07. The number of aryl methyl sites for hydroxylation is 1. The van der Waals surface area contributed by atoms with Crippen molar-refractivity contribution in [2.45, 2.75) is 99.0 Å². The Balaban J connectivity index is 1.84. The summed E-state index contributed by atoms with van der Waals surface area (Å²) in [6.07, 6.45) is 16.7. The molecule has 0 amide bonds. The van der Waals surface area contributed by atoms with Crippen LogP contribution in [0.2, 0.25) is 0 Å². The Morgan fingerprint density at radius 1 is 1.13 bits per heavy atom. The molecule has 1 atom stereocenters. The first-order chi connectivity index (χ1) is 14.1. The van der Waals surface area contributed by atoms with Gasteiger partial charge in [0.25, 0.3) is 0 Å². The largest absolute Gasteiger partial charge is 0.508 e. The van der Waals surface area contributed by atoms with Crippen molar-refractivity contribution in [1.29, 1.82) is 0 Å². The van der Waals surface area contributed by atoms with Crippen molar-refractivity contribution in [1.82, 2.24) is 0 Å². The summed E-state index contributed by atoms with van der Waals surface area (Å²) in [6.45, 7) is 15.2. The van der Waals surface area contributed by atoms with E-state index in [9.17, 15) is 5.11 Å². The van der Waals surface area contributed by atoms with E-state index in [-0.39, 0.29) is 5.60 Å². The molecule has 1 aliphatic heterocycles. The summed E-state index contributed by atoms with van der Waals surface area (Å²) in [6, 6.07) is 1.88. The van der Waals surface area contributed by atoms with Gasteiger partial charge in [0.2, 0.25) is 0 Å². The molecule has 0 spiro atoms. The summed E-state index contributed by atoms with van der Waals surface area (Å²) in [5.74, 6) is 2.01. The minimum Gasteiger partial charge on any atom is -0.508 e. The Bertz CT molecular complexity index is 810. The molecule has 2 nitrogen and oxygen atoms in total. The molecule has 1 N–H and O–H groups in total. The van der Waals surface area contributed by atoms with E-state index in [2.05, 4.69) is 65.8 Å². The number of aromatic hydroxyl groups is 1. The molecule has 0 fully saturated rings. The van der Waals surface area contributed by atoms with E-state index in [1.807, 2.05) is 13.0 Å². The van der Waals surface area contributed by atoms with Gasteiger partial charge in [-0.1, -0.05) is 49.3 Å². The fourth-order valence-corrected chi connectivity index (χ4v) is 4.02. The van der Waals surface area contributed by atoms with Crippen LogP contribution in [0.4, 0.5) is 0 Å². The second-order valence-electron chi connectivity index (χ2n) is 9.74. The first-order valence-electron chi connectivity index (χ1n) is 11.6. The summed E-state index contributed by atoms with van der Waals surface area (Å²) in [4.78, 5) is 0. The van der Waals surface area contributed by atoms with Gasteiger partial charge in [0, 0.05) is 0 Å². The van der Waals surface area contributed by atoms with E-state index in [0.717, 1.165) is 67.4 Å². The standard InChI is InChI=1S/C28H42O2/c1-20(2)11-8-12-21(3)13-9-14-22(4)15-10-17-28(7)18-16-25-19-26(29)23(5)24(6)27(25)30-28/h8,11,13,15,19-20,29H,9-10,12,14,16-18H2,1-7H3/b11-8+,21-13+,22-15+. The molecule has 1 heterocycles. The minimum atomic E-state index is -0.128. The minimum absolute atomic E-state index is 0.128. The quantitative estimate of drug-likeness (QED) is 0.416. The smallest absolute Gasteiger partial charge is 0.126 e. The maximum atomic E-state index is 10.1. The van der Waals surface area contributed by atoms with Crippen LogP contribution in [0.1, 0.15) is 89.8 Å². The van der Waals surface area contributed by atoms with E-state index in [4.69, 9.17) is 4.74 Å². The second-order valence-corrected chi connectivity index (χ2v) is 9.74. The van der Waals surface area contributed by atoms with Gasteiger partial charge in [-0.15, -0.1) is 0 Å². The van der Waals surface area contributed by atoms with Crippen molar-refractivity contribution >= 4 is 0 Å². The van der Waals surface area contributed by atoms with Crippen LogP contribution in [0.5, 0.6) is 11.5 Å². The Morgan fingerprint density at radius 3 is 2.53 bits per heavy atom. The van der Waals surface area contributed by atoms with Crippen LogP contribution >= 0.6 is 0 Å². The van der Waals surface area contributed by atoms with Crippen molar-refractivity contribution < 1.29 is 9.84 Å². The molecule has 166 valence electrons. The van der Waals surface area contributed by atoms with E-state index < -0.39 is 0 Å². The van der Waals surface area contributed by atoms with Crippen LogP contribution in [-0.2, 0) is 6.42 Å². The summed E-state index contributed by atoms with van der Waals surface area (Å²) < 4.78 is 6.48. The van der Waals surface area contributed by atoms with Gasteiger partial charge < -0.3 is 9.84 Å². The van der Waals surface area contributed by atoms with Crippen LogP contribution in [0, 0.1) is 19.8 Å². The number of allylic oxidation sites excluding steroid dienone is 6. The molecule has 0 aliphatic carbocycles. The molecule has 1 aliphatic rings. The lowest BCUT2D eigenvalue weighted by Crippen LogP contribution is -2.36. The molecule has 0 bridgehead atoms. The topological polar surface area (TPSA) is 29.5 Å². The van der Waals surface area contributed by atoms with E-state index in [0.29, 0.717) is 11.7 Å². The SMILES string of the molecule is C/C(=C\CC/C(C)=C/CCC1(C)CCc2cc(O)c(C)c(C)c2O1)C/C=C/C(C)C. The van der Waals surface area contributed by atoms with E-state index in [1.165, 1.54) is 11.1 Å². The van der Waals surface area contributed by atoms with Crippen molar-refractivity contribution in [3.05, 3.63) is 58.2 Å². The maximum Gasteiger partial charge on any atom is 0.126 e. The Kier molecular flexibility index (Phi) is 8.82. The number of hydrogen-bond donors (Lipinski definition) is 1. The predicted molar refractivity (Wildman–Crippen MR) is 130 cm³/mol. The zero-order valence-electron chi connectivity index (χ0n) is 20.3. The van der Waals surface area contributed by atoms with Crippen LogP contribution in [0.3, 0.4) is 0 Å². The molecule has 30 heavy (non-hydrogen) atoms. The number of fused-ring (bicyclic) bond motifs is 1. The maximum absolute atomic E-state index is 10.1. The molecule has 0 radical (unpaired) electrons. The summed E-state index contributed by atoms with van der Waals surface area (Å²) in [5.41, 5.74) is 5.94. The molecule has 0 saturated carbocycles. The third-order valence-corrected chi connectivity index (χ3v) is 6.32. The molecule has 1 unspecified atom stereocenters. The van der Waals surface area contributed by atoms with Gasteiger partial charge in [0.05, 0.1) is 0 Å². The summed E-state index contributed by atoms with van der Waals surface area (Å²) in [5, 5.41) is 10.1. The average molecular weight is 411 g/mol. The van der Waals surface area contributed by atoms with Crippen LogP contribution in [0.25, 0.3) is 0 Å². The number of benzene rings is 1. The zero-order valence-corrected chi connectivity index (χ0v) is 20.3. The summed E-state index contributed by atoms with van der Waals surface area (Å²) >= 11 is 0. The highest BCUT2D eigenvalue weighted by molar-refractivity contribution is 5.53. The predicted octanol–water partition coefficient (Wildman–Crippen LogP) is 8.15. The molecular weight excluding hydrogens is 368 g/mol. The number of ether oxygens (including phenoxy) is 1.